The van der Waals surface area contributed by atoms with E-state index in [2.05, 4.69) is 5.32 Å². The number of amides is 1. The topological polar surface area (TPSA) is 29.1 Å². The van der Waals surface area contributed by atoms with Gasteiger partial charge in [-0.2, -0.15) is 13.2 Å². The van der Waals surface area contributed by atoms with Gasteiger partial charge in [0, 0.05) is 11.6 Å². The van der Waals surface area contributed by atoms with Gasteiger partial charge in [0.05, 0.1) is 5.56 Å². The molecule has 1 aromatic carbocycles. The monoisotopic (exact) mass is 269 g/mol. The third kappa shape index (κ3) is 3.59. The largest absolute Gasteiger partial charge is 0.416 e. The maximum Gasteiger partial charge on any atom is 0.416 e. The zero-order valence-electron chi connectivity index (χ0n) is 10.2. The van der Waals surface area contributed by atoms with Gasteiger partial charge in [-0.05, 0) is 43.5 Å². The molecule has 1 atom stereocenters. The van der Waals surface area contributed by atoms with Crippen molar-refractivity contribution in [1.82, 2.24) is 5.32 Å². The standard InChI is InChI=1S/C14H14F3NO/c15-14(16,17)11-8-6-10(7-9-11)13(19)18-12-4-2-1-3-5-12/h2,4,6-9,12H,1,3,5H2,(H,18,19). The molecule has 1 aliphatic rings. The van der Waals surface area contributed by atoms with Gasteiger partial charge in [-0.25, -0.2) is 0 Å². The Bertz CT molecular complexity index is 476. The van der Waals surface area contributed by atoms with Crippen molar-refractivity contribution in [2.24, 2.45) is 0 Å². The molecule has 2 rings (SSSR count). The van der Waals surface area contributed by atoms with E-state index >= 15 is 0 Å². The Morgan fingerprint density at radius 2 is 1.89 bits per heavy atom. The van der Waals surface area contributed by atoms with Crippen molar-refractivity contribution in [3.05, 3.63) is 47.5 Å². The molecule has 0 saturated heterocycles. The van der Waals surface area contributed by atoms with Crippen LogP contribution in [-0.2, 0) is 6.18 Å². The molecule has 1 N–H and O–H groups in total. The van der Waals surface area contributed by atoms with Gasteiger partial charge in [0.15, 0.2) is 0 Å². The van der Waals surface area contributed by atoms with E-state index in [9.17, 15) is 18.0 Å². The molecule has 0 fully saturated rings. The fraction of sp³-hybridized carbons (Fsp3) is 0.357. The molecule has 2 nitrogen and oxygen atoms in total. The lowest BCUT2D eigenvalue weighted by atomic mass is 10.0. The van der Waals surface area contributed by atoms with E-state index in [1.165, 1.54) is 12.1 Å². The molecule has 1 amide bonds. The summed E-state index contributed by atoms with van der Waals surface area (Å²) in [6.45, 7) is 0. The second-order valence-electron chi connectivity index (χ2n) is 4.51. The molecule has 0 radical (unpaired) electrons. The van der Waals surface area contributed by atoms with E-state index in [1.807, 2.05) is 12.2 Å². The van der Waals surface area contributed by atoms with E-state index < -0.39 is 11.7 Å². The lowest BCUT2D eigenvalue weighted by Gasteiger charge is -2.18. The minimum absolute atomic E-state index is 0.0245. The van der Waals surface area contributed by atoms with Crippen molar-refractivity contribution in [2.75, 3.05) is 0 Å². The fourth-order valence-electron chi connectivity index (χ4n) is 1.99. The van der Waals surface area contributed by atoms with Crippen molar-refractivity contribution in [3.63, 3.8) is 0 Å². The third-order valence-electron chi connectivity index (χ3n) is 3.05. The number of carbonyl (C=O) groups is 1. The summed E-state index contributed by atoms with van der Waals surface area (Å²) in [7, 11) is 0. The van der Waals surface area contributed by atoms with Crippen LogP contribution in [0.2, 0.25) is 0 Å². The molecule has 5 heteroatoms. The molecule has 102 valence electrons. The van der Waals surface area contributed by atoms with E-state index in [1.54, 1.807) is 0 Å². The summed E-state index contributed by atoms with van der Waals surface area (Å²) < 4.78 is 37.2. The first kappa shape index (κ1) is 13.6. The Hall–Kier alpha value is -1.78. The Labute approximate surface area is 109 Å². The molecule has 0 aromatic heterocycles. The molecule has 0 aliphatic heterocycles. The molecule has 1 unspecified atom stereocenters. The zero-order valence-corrected chi connectivity index (χ0v) is 10.2. The van der Waals surface area contributed by atoms with Crippen molar-refractivity contribution in [1.29, 1.82) is 0 Å². The molecule has 0 saturated carbocycles. The molecule has 1 aliphatic carbocycles. The van der Waals surface area contributed by atoms with Gasteiger partial charge in [-0.15, -0.1) is 0 Å². The van der Waals surface area contributed by atoms with Crippen LogP contribution in [0.25, 0.3) is 0 Å². The smallest absolute Gasteiger partial charge is 0.346 e. The second-order valence-corrected chi connectivity index (χ2v) is 4.51. The SMILES string of the molecule is O=C(NC1C=CCCC1)c1ccc(C(F)(F)F)cc1. The van der Waals surface area contributed by atoms with E-state index in [4.69, 9.17) is 0 Å². The zero-order chi connectivity index (χ0) is 13.9. The van der Waals surface area contributed by atoms with Gasteiger partial charge < -0.3 is 5.32 Å². The summed E-state index contributed by atoms with van der Waals surface area (Å²) >= 11 is 0. The van der Waals surface area contributed by atoms with E-state index in [-0.39, 0.29) is 17.5 Å². The van der Waals surface area contributed by atoms with E-state index in [0.29, 0.717) is 0 Å². The van der Waals surface area contributed by atoms with Crippen molar-refractivity contribution >= 4 is 5.91 Å². The Morgan fingerprint density at radius 3 is 2.42 bits per heavy atom. The summed E-state index contributed by atoms with van der Waals surface area (Å²) in [5.74, 6) is -0.342. The molecule has 19 heavy (non-hydrogen) atoms. The Balaban J connectivity index is 2.03. The Kier molecular flexibility index (Phi) is 3.93. The lowest BCUT2D eigenvalue weighted by Crippen LogP contribution is -2.34. The van der Waals surface area contributed by atoms with Crippen molar-refractivity contribution in [3.8, 4) is 0 Å². The highest BCUT2D eigenvalue weighted by molar-refractivity contribution is 5.94. The van der Waals surface area contributed by atoms with Gasteiger partial charge in [-0.3, -0.25) is 4.79 Å². The number of alkyl halides is 3. The van der Waals surface area contributed by atoms with Crippen LogP contribution < -0.4 is 5.32 Å². The molecule has 0 heterocycles. The normalized spacial score (nSPS) is 19.2. The van der Waals surface area contributed by atoms with Gasteiger partial charge in [-0.1, -0.05) is 12.2 Å². The summed E-state index contributed by atoms with van der Waals surface area (Å²) in [5.41, 5.74) is -0.506. The summed E-state index contributed by atoms with van der Waals surface area (Å²) in [5, 5.41) is 2.79. The van der Waals surface area contributed by atoms with Crippen LogP contribution >= 0.6 is 0 Å². The van der Waals surface area contributed by atoms with Gasteiger partial charge >= 0.3 is 6.18 Å². The van der Waals surface area contributed by atoms with Crippen molar-refractivity contribution < 1.29 is 18.0 Å². The van der Waals surface area contributed by atoms with Crippen LogP contribution in [0.3, 0.4) is 0 Å². The van der Waals surface area contributed by atoms with Crippen LogP contribution in [0.15, 0.2) is 36.4 Å². The first-order valence-electron chi connectivity index (χ1n) is 6.11. The number of hydrogen-bond donors (Lipinski definition) is 1. The first-order valence-corrected chi connectivity index (χ1v) is 6.11. The van der Waals surface area contributed by atoms with E-state index in [0.717, 1.165) is 31.4 Å². The molecule has 0 spiro atoms. The van der Waals surface area contributed by atoms with Crippen LogP contribution in [0.1, 0.15) is 35.2 Å². The summed E-state index contributed by atoms with van der Waals surface area (Å²) in [6, 6.07) is 4.22. The second kappa shape index (κ2) is 5.47. The maximum atomic E-state index is 12.4. The number of carbonyl (C=O) groups excluding carboxylic acids is 1. The molecule has 1 aromatic rings. The van der Waals surface area contributed by atoms with Crippen LogP contribution in [-0.4, -0.2) is 11.9 Å². The highest BCUT2D eigenvalue weighted by atomic mass is 19.4. The average Bonchev–Trinajstić information content (AvgIpc) is 2.39. The number of benzene rings is 1. The Morgan fingerprint density at radius 1 is 1.21 bits per heavy atom. The quantitative estimate of drug-likeness (QED) is 0.817. The predicted molar refractivity (Wildman–Crippen MR) is 65.7 cm³/mol. The van der Waals surface area contributed by atoms with Gasteiger partial charge in [0.2, 0.25) is 0 Å². The predicted octanol–water partition coefficient (Wildman–Crippen LogP) is 3.54. The van der Waals surface area contributed by atoms with Crippen LogP contribution in [0.5, 0.6) is 0 Å². The summed E-state index contributed by atoms with van der Waals surface area (Å²) in [6.07, 6.45) is 2.43. The lowest BCUT2D eigenvalue weighted by molar-refractivity contribution is -0.137. The minimum atomic E-state index is -4.37. The maximum absolute atomic E-state index is 12.4. The van der Waals surface area contributed by atoms with Crippen LogP contribution in [0, 0.1) is 0 Å². The van der Waals surface area contributed by atoms with Gasteiger partial charge in [0.1, 0.15) is 0 Å². The number of hydrogen-bond acceptors (Lipinski definition) is 1. The molecular formula is C14H14F3NO. The summed E-state index contributed by atoms with van der Waals surface area (Å²) in [4.78, 5) is 11.8. The number of nitrogens with one attached hydrogen (secondary N) is 1. The highest BCUT2D eigenvalue weighted by Crippen LogP contribution is 2.29. The van der Waals surface area contributed by atoms with Gasteiger partial charge in [0.25, 0.3) is 5.91 Å². The first-order chi connectivity index (χ1) is 8.97. The number of halogens is 3. The average molecular weight is 269 g/mol. The number of rotatable bonds is 2. The highest BCUT2D eigenvalue weighted by Gasteiger charge is 2.30. The molecule has 0 bridgehead atoms. The number of allylic oxidation sites excluding steroid dienone is 1. The fourth-order valence-corrected chi connectivity index (χ4v) is 1.99. The molecular weight excluding hydrogens is 255 g/mol. The minimum Gasteiger partial charge on any atom is -0.346 e. The third-order valence-corrected chi connectivity index (χ3v) is 3.05. The van der Waals surface area contributed by atoms with Crippen LogP contribution in [0.4, 0.5) is 13.2 Å². The van der Waals surface area contributed by atoms with Crippen molar-refractivity contribution in [2.45, 2.75) is 31.5 Å².